The molecule has 3 heteroatoms. The molecule has 2 unspecified atom stereocenters. The first-order chi connectivity index (χ1) is 6.61. The van der Waals surface area contributed by atoms with Gasteiger partial charge in [0, 0.05) is 0 Å². The van der Waals surface area contributed by atoms with E-state index in [2.05, 4.69) is 20.8 Å². The van der Waals surface area contributed by atoms with Crippen LogP contribution >= 0.6 is 0 Å². The molecule has 0 radical (unpaired) electrons. The standard InChI is InChI=1S/C5H10O.C4H8O.C2H4O/c1-3-5(2)4-6-5;1-2-4-3-5-4;1-2-3/h3-4H2,1-2H3;4H,2-3H2,1H3;2H,1H3. The Hall–Kier alpha value is -0.410. The third-order valence-electron chi connectivity index (χ3n) is 2.24. The van der Waals surface area contributed by atoms with Gasteiger partial charge in [-0.05, 0) is 26.7 Å². The molecule has 2 rings (SSSR count). The van der Waals surface area contributed by atoms with E-state index in [9.17, 15) is 0 Å². The van der Waals surface area contributed by atoms with E-state index in [4.69, 9.17) is 14.3 Å². The van der Waals surface area contributed by atoms with Crippen LogP contribution in [0.5, 0.6) is 0 Å². The second-order valence-electron chi connectivity index (χ2n) is 3.69. The van der Waals surface area contributed by atoms with Gasteiger partial charge < -0.3 is 14.3 Å². The quantitative estimate of drug-likeness (QED) is 0.509. The summed E-state index contributed by atoms with van der Waals surface area (Å²) in [5.74, 6) is 0. The largest absolute Gasteiger partial charge is 0.373 e. The normalized spacial score (nSPS) is 31.6. The van der Waals surface area contributed by atoms with Crippen LogP contribution in [0.15, 0.2) is 0 Å². The summed E-state index contributed by atoms with van der Waals surface area (Å²) in [4.78, 5) is 8.81. The van der Waals surface area contributed by atoms with Gasteiger partial charge in [-0.3, -0.25) is 0 Å². The predicted molar refractivity (Wildman–Crippen MR) is 56.4 cm³/mol. The van der Waals surface area contributed by atoms with Gasteiger partial charge in [0.15, 0.2) is 0 Å². The van der Waals surface area contributed by atoms with Crippen molar-refractivity contribution in [3.63, 3.8) is 0 Å². The molecule has 0 bridgehead atoms. The van der Waals surface area contributed by atoms with Crippen molar-refractivity contribution < 1.29 is 14.3 Å². The average molecular weight is 202 g/mol. The van der Waals surface area contributed by atoms with E-state index in [0.717, 1.165) is 25.9 Å². The van der Waals surface area contributed by atoms with Crippen molar-refractivity contribution in [3.05, 3.63) is 0 Å². The van der Waals surface area contributed by atoms with E-state index in [1.807, 2.05) is 0 Å². The highest BCUT2D eigenvalue weighted by Gasteiger charge is 2.36. The minimum atomic E-state index is 0.292. The third kappa shape index (κ3) is 8.20. The number of ether oxygens (including phenoxy) is 2. The van der Waals surface area contributed by atoms with Crippen LogP contribution in [0.1, 0.15) is 40.5 Å². The lowest BCUT2D eigenvalue weighted by Gasteiger charge is -1.92. The second-order valence-corrected chi connectivity index (χ2v) is 3.69. The fourth-order valence-corrected chi connectivity index (χ4v) is 0.631. The van der Waals surface area contributed by atoms with Crippen LogP contribution in [-0.4, -0.2) is 31.2 Å². The number of carbonyl (C=O) groups is 1. The molecule has 2 aliphatic heterocycles. The molecule has 2 atom stereocenters. The smallest absolute Gasteiger partial charge is 0.116 e. The SMILES string of the molecule is CC=O.CCC1(C)CO1.CCC1CO1. The second kappa shape index (κ2) is 6.96. The monoisotopic (exact) mass is 202 g/mol. The fourth-order valence-electron chi connectivity index (χ4n) is 0.631. The molecule has 2 saturated heterocycles. The molecule has 2 heterocycles. The molecule has 2 fully saturated rings. The Morgan fingerprint density at radius 2 is 1.93 bits per heavy atom. The summed E-state index contributed by atoms with van der Waals surface area (Å²) in [5, 5.41) is 0. The van der Waals surface area contributed by atoms with Crippen LogP contribution in [0.2, 0.25) is 0 Å². The molecule has 3 nitrogen and oxygen atoms in total. The highest BCUT2D eigenvalue weighted by atomic mass is 16.6. The number of aldehydes is 1. The third-order valence-corrected chi connectivity index (χ3v) is 2.24. The van der Waals surface area contributed by atoms with Gasteiger partial charge in [-0.15, -0.1) is 0 Å². The molecule has 0 spiro atoms. The average Bonchev–Trinajstić information content (AvgIpc) is 3.02. The van der Waals surface area contributed by atoms with E-state index >= 15 is 0 Å². The first-order valence-corrected chi connectivity index (χ1v) is 5.27. The Balaban J connectivity index is 0.000000193. The Morgan fingerprint density at radius 3 is 1.93 bits per heavy atom. The van der Waals surface area contributed by atoms with Crippen molar-refractivity contribution in [1.29, 1.82) is 0 Å². The zero-order valence-corrected chi connectivity index (χ0v) is 9.71. The highest BCUT2D eigenvalue weighted by Crippen LogP contribution is 2.28. The van der Waals surface area contributed by atoms with Crippen LogP contribution in [0.4, 0.5) is 0 Å². The Kier molecular flexibility index (Phi) is 6.75. The van der Waals surface area contributed by atoms with Crippen molar-refractivity contribution in [2.75, 3.05) is 13.2 Å². The first kappa shape index (κ1) is 13.6. The lowest BCUT2D eigenvalue weighted by atomic mass is 10.1. The van der Waals surface area contributed by atoms with E-state index < -0.39 is 0 Å². The van der Waals surface area contributed by atoms with Crippen molar-refractivity contribution >= 4 is 6.29 Å². The van der Waals surface area contributed by atoms with Gasteiger partial charge in [-0.1, -0.05) is 13.8 Å². The summed E-state index contributed by atoms with van der Waals surface area (Å²) >= 11 is 0. The predicted octanol–water partition coefficient (Wildman–Crippen LogP) is 2.19. The van der Waals surface area contributed by atoms with Gasteiger partial charge in [0.05, 0.1) is 24.9 Å². The van der Waals surface area contributed by atoms with Gasteiger partial charge in [0.25, 0.3) is 0 Å². The van der Waals surface area contributed by atoms with Gasteiger partial charge >= 0.3 is 0 Å². The van der Waals surface area contributed by atoms with E-state index in [-0.39, 0.29) is 0 Å². The number of hydrogen-bond acceptors (Lipinski definition) is 3. The number of rotatable bonds is 2. The van der Waals surface area contributed by atoms with Crippen LogP contribution in [-0.2, 0) is 14.3 Å². The van der Waals surface area contributed by atoms with E-state index in [1.54, 1.807) is 0 Å². The molecule has 0 aromatic rings. The van der Waals surface area contributed by atoms with Gasteiger partial charge in [0.1, 0.15) is 6.29 Å². The molecule has 84 valence electrons. The Morgan fingerprint density at radius 1 is 1.50 bits per heavy atom. The zero-order valence-electron chi connectivity index (χ0n) is 9.71. The van der Waals surface area contributed by atoms with Crippen LogP contribution < -0.4 is 0 Å². The summed E-state index contributed by atoms with van der Waals surface area (Å²) in [5.41, 5.74) is 0.292. The maximum Gasteiger partial charge on any atom is 0.116 e. The molecular weight excluding hydrogens is 180 g/mol. The number of hydrogen-bond donors (Lipinski definition) is 0. The number of epoxide rings is 2. The first-order valence-electron chi connectivity index (χ1n) is 5.27. The van der Waals surface area contributed by atoms with Crippen LogP contribution in [0.25, 0.3) is 0 Å². The molecular formula is C11H22O3. The molecule has 2 aliphatic rings. The minimum absolute atomic E-state index is 0.292. The molecule has 0 aromatic heterocycles. The Bertz CT molecular complexity index is 149. The fraction of sp³-hybridized carbons (Fsp3) is 0.909. The van der Waals surface area contributed by atoms with Crippen molar-refractivity contribution in [2.24, 2.45) is 0 Å². The van der Waals surface area contributed by atoms with Crippen LogP contribution in [0.3, 0.4) is 0 Å². The molecule has 0 N–H and O–H groups in total. The summed E-state index contributed by atoms with van der Waals surface area (Å²) in [7, 11) is 0. The summed E-state index contributed by atoms with van der Waals surface area (Å²) in [6.45, 7) is 9.84. The summed E-state index contributed by atoms with van der Waals surface area (Å²) in [6, 6.07) is 0. The van der Waals surface area contributed by atoms with Gasteiger partial charge in [-0.25, -0.2) is 0 Å². The van der Waals surface area contributed by atoms with Gasteiger partial charge in [-0.2, -0.15) is 0 Å². The maximum atomic E-state index is 8.81. The molecule has 0 aromatic carbocycles. The molecule has 0 aliphatic carbocycles. The number of carbonyl (C=O) groups excluding carboxylic acids is 1. The molecule has 0 saturated carbocycles. The van der Waals surface area contributed by atoms with Crippen molar-refractivity contribution in [2.45, 2.75) is 52.2 Å². The van der Waals surface area contributed by atoms with Crippen LogP contribution in [0, 0.1) is 0 Å². The maximum absolute atomic E-state index is 8.81. The summed E-state index contributed by atoms with van der Waals surface area (Å²) in [6.07, 6.45) is 3.74. The van der Waals surface area contributed by atoms with Crippen molar-refractivity contribution in [1.82, 2.24) is 0 Å². The molecule has 0 amide bonds. The lowest BCUT2D eigenvalue weighted by molar-refractivity contribution is -0.106. The van der Waals surface area contributed by atoms with E-state index in [0.29, 0.717) is 11.7 Å². The van der Waals surface area contributed by atoms with E-state index in [1.165, 1.54) is 13.3 Å². The minimum Gasteiger partial charge on any atom is -0.373 e. The zero-order chi connectivity index (χ0) is 11.0. The Labute approximate surface area is 86.8 Å². The highest BCUT2D eigenvalue weighted by molar-refractivity contribution is 5.44. The van der Waals surface area contributed by atoms with Gasteiger partial charge in [0.2, 0.25) is 0 Å². The topological polar surface area (TPSA) is 42.1 Å². The lowest BCUT2D eigenvalue weighted by Crippen LogP contribution is -1.98. The molecule has 14 heavy (non-hydrogen) atoms. The summed E-state index contributed by atoms with van der Waals surface area (Å²) < 4.78 is 9.90. The van der Waals surface area contributed by atoms with Crippen molar-refractivity contribution in [3.8, 4) is 0 Å².